The quantitative estimate of drug-likeness (QED) is 0.289. The van der Waals surface area contributed by atoms with Gasteiger partial charge in [0.15, 0.2) is 11.4 Å². The van der Waals surface area contributed by atoms with Crippen LogP contribution < -0.4 is 20.9 Å². The Kier molecular flexibility index (Phi) is 7.51. The number of hydrogen-bond donors (Lipinski definition) is 2. The van der Waals surface area contributed by atoms with Crippen molar-refractivity contribution in [1.29, 1.82) is 0 Å². The van der Waals surface area contributed by atoms with Crippen molar-refractivity contribution in [3.8, 4) is 11.5 Å². The number of amides is 1. The van der Waals surface area contributed by atoms with E-state index in [1.54, 1.807) is 48.8 Å². The molecular weight excluding hydrogens is 478 g/mol. The van der Waals surface area contributed by atoms with Gasteiger partial charge in [-0.3, -0.25) is 14.6 Å². The van der Waals surface area contributed by atoms with Crippen molar-refractivity contribution < 1.29 is 9.53 Å². The van der Waals surface area contributed by atoms with Crippen LogP contribution in [0.1, 0.15) is 21.5 Å². The minimum Gasteiger partial charge on any atom is -0.453 e. The van der Waals surface area contributed by atoms with Crippen LogP contribution in [0.5, 0.6) is 11.5 Å². The SMILES string of the molecule is O=C(NCc1cccnc1)c1ccc(Nc2c(Oc3ccccc3)cnn(Cc3ccccc3)c2=O)cc1. The smallest absolute Gasteiger partial charge is 0.294 e. The molecule has 0 aliphatic carbocycles. The second-order valence-electron chi connectivity index (χ2n) is 8.49. The van der Waals surface area contributed by atoms with Gasteiger partial charge >= 0.3 is 0 Å². The highest BCUT2D eigenvalue weighted by Crippen LogP contribution is 2.28. The van der Waals surface area contributed by atoms with Crippen LogP contribution in [0.3, 0.4) is 0 Å². The van der Waals surface area contributed by atoms with Crippen molar-refractivity contribution in [2.45, 2.75) is 13.1 Å². The average molecular weight is 504 g/mol. The van der Waals surface area contributed by atoms with Crippen LogP contribution in [-0.4, -0.2) is 20.7 Å². The van der Waals surface area contributed by atoms with Crippen molar-refractivity contribution in [2.75, 3.05) is 5.32 Å². The molecule has 0 saturated heterocycles. The lowest BCUT2D eigenvalue weighted by molar-refractivity contribution is 0.0951. The maximum Gasteiger partial charge on any atom is 0.294 e. The van der Waals surface area contributed by atoms with E-state index in [0.717, 1.165) is 11.1 Å². The average Bonchev–Trinajstić information content (AvgIpc) is 2.97. The lowest BCUT2D eigenvalue weighted by atomic mass is 10.2. The summed E-state index contributed by atoms with van der Waals surface area (Å²) >= 11 is 0. The molecule has 2 N–H and O–H groups in total. The number of ether oxygens (including phenoxy) is 1. The largest absolute Gasteiger partial charge is 0.453 e. The number of nitrogens with one attached hydrogen (secondary N) is 2. The molecule has 0 fully saturated rings. The van der Waals surface area contributed by atoms with Crippen molar-refractivity contribution in [1.82, 2.24) is 20.1 Å². The number of hydrogen-bond acceptors (Lipinski definition) is 6. The van der Waals surface area contributed by atoms with Crippen LogP contribution in [0.15, 0.2) is 120 Å². The van der Waals surface area contributed by atoms with Gasteiger partial charge < -0.3 is 15.4 Å². The number of nitrogens with zero attached hydrogens (tertiary/aromatic N) is 3. The molecular formula is C30H25N5O3. The fourth-order valence-electron chi connectivity index (χ4n) is 3.79. The van der Waals surface area contributed by atoms with E-state index in [1.807, 2.05) is 60.7 Å². The third-order valence-corrected chi connectivity index (χ3v) is 5.75. The molecule has 0 atom stereocenters. The molecule has 2 aromatic heterocycles. The van der Waals surface area contributed by atoms with Crippen LogP contribution in [-0.2, 0) is 13.1 Å². The van der Waals surface area contributed by atoms with Gasteiger partial charge in [-0.1, -0.05) is 54.6 Å². The molecule has 1 amide bonds. The molecule has 0 aliphatic heterocycles. The maximum atomic E-state index is 13.5. The van der Waals surface area contributed by atoms with E-state index in [-0.39, 0.29) is 17.2 Å². The topological polar surface area (TPSA) is 98.1 Å². The number of aromatic nitrogens is 3. The van der Waals surface area contributed by atoms with Crippen LogP contribution in [0, 0.1) is 0 Å². The highest BCUT2D eigenvalue weighted by molar-refractivity contribution is 5.94. The number of pyridine rings is 1. The number of rotatable bonds is 9. The molecule has 8 nitrogen and oxygen atoms in total. The minimum absolute atomic E-state index is 0.206. The Morgan fingerprint density at radius 1 is 0.816 bits per heavy atom. The Hall–Kier alpha value is -5.24. The van der Waals surface area contributed by atoms with Gasteiger partial charge in [-0.25, -0.2) is 4.68 Å². The van der Waals surface area contributed by atoms with Gasteiger partial charge in [0.2, 0.25) is 0 Å². The van der Waals surface area contributed by atoms with Gasteiger partial charge in [0.1, 0.15) is 5.75 Å². The van der Waals surface area contributed by atoms with Gasteiger partial charge in [0.25, 0.3) is 11.5 Å². The molecule has 0 spiro atoms. The standard InChI is InChI=1S/C30H25N5O3/c36-29(32-19-23-10-7-17-31-18-23)24-13-15-25(16-14-24)34-28-27(38-26-11-5-2-6-12-26)20-33-35(30(28)37)21-22-8-3-1-4-9-22/h1-18,20,34H,19,21H2,(H,32,36). The number of anilines is 2. The molecule has 5 rings (SSSR count). The third kappa shape index (κ3) is 6.11. The number of carbonyl (C=O) groups excluding carboxylic acids is 1. The first-order valence-corrected chi connectivity index (χ1v) is 12.1. The zero-order chi connectivity index (χ0) is 26.2. The van der Waals surface area contributed by atoms with Gasteiger partial charge in [-0.15, -0.1) is 0 Å². The van der Waals surface area contributed by atoms with E-state index in [1.165, 1.54) is 10.9 Å². The van der Waals surface area contributed by atoms with Crippen molar-refractivity contribution in [3.05, 3.63) is 143 Å². The fourth-order valence-corrected chi connectivity index (χ4v) is 3.79. The van der Waals surface area contributed by atoms with E-state index in [2.05, 4.69) is 20.7 Å². The molecule has 0 aliphatic rings. The van der Waals surface area contributed by atoms with Crippen molar-refractivity contribution in [2.24, 2.45) is 0 Å². The predicted octanol–water partition coefficient (Wildman–Crippen LogP) is 5.15. The van der Waals surface area contributed by atoms with Crippen LogP contribution in [0.25, 0.3) is 0 Å². The summed E-state index contributed by atoms with van der Waals surface area (Å²) in [4.78, 5) is 30.1. The van der Waals surface area contributed by atoms with Crippen molar-refractivity contribution in [3.63, 3.8) is 0 Å². The summed E-state index contributed by atoms with van der Waals surface area (Å²) in [5.74, 6) is 0.671. The summed E-state index contributed by atoms with van der Waals surface area (Å²) in [5, 5.41) is 10.4. The Labute approximate surface area is 219 Å². The summed E-state index contributed by atoms with van der Waals surface area (Å²) in [6.45, 7) is 0.695. The van der Waals surface area contributed by atoms with E-state index < -0.39 is 0 Å². The summed E-state index contributed by atoms with van der Waals surface area (Å²) < 4.78 is 7.38. The Balaban J connectivity index is 1.37. The highest BCUT2D eigenvalue weighted by atomic mass is 16.5. The predicted molar refractivity (Wildman–Crippen MR) is 146 cm³/mol. The molecule has 8 heteroatoms. The zero-order valence-electron chi connectivity index (χ0n) is 20.5. The van der Waals surface area contributed by atoms with Crippen LogP contribution >= 0.6 is 0 Å². The minimum atomic E-state index is -0.333. The lowest BCUT2D eigenvalue weighted by Crippen LogP contribution is -2.26. The van der Waals surface area contributed by atoms with Crippen LogP contribution in [0.2, 0.25) is 0 Å². The van der Waals surface area contributed by atoms with E-state index in [0.29, 0.717) is 35.8 Å². The van der Waals surface area contributed by atoms with Crippen molar-refractivity contribution >= 4 is 17.3 Å². The Morgan fingerprint density at radius 2 is 1.53 bits per heavy atom. The molecule has 188 valence electrons. The van der Waals surface area contributed by atoms with E-state index >= 15 is 0 Å². The van der Waals surface area contributed by atoms with E-state index in [9.17, 15) is 9.59 Å². The Morgan fingerprint density at radius 3 is 2.24 bits per heavy atom. The fraction of sp³-hybridized carbons (Fsp3) is 0.0667. The van der Waals surface area contributed by atoms with Crippen LogP contribution in [0.4, 0.5) is 11.4 Å². The molecule has 0 radical (unpaired) electrons. The first kappa shape index (κ1) is 24.5. The van der Waals surface area contributed by atoms with Gasteiger partial charge in [-0.05, 0) is 53.6 Å². The van der Waals surface area contributed by atoms with Gasteiger partial charge in [0.05, 0.1) is 12.7 Å². The number of para-hydroxylation sites is 1. The monoisotopic (exact) mass is 503 g/mol. The molecule has 0 saturated carbocycles. The first-order valence-electron chi connectivity index (χ1n) is 12.1. The van der Waals surface area contributed by atoms with Gasteiger partial charge in [-0.2, -0.15) is 5.10 Å². The summed E-state index contributed by atoms with van der Waals surface area (Å²) in [5.41, 5.74) is 2.90. The summed E-state index contributed by atoms with van der Waals surface area (Å²) in [6.07, 6.45) is 4.92. The van der Waals surface area contributed by atoms with Gasteiger partial charge in [0, 0.05) is 30.2 Å². The Bertz CT molecular complexity index is 1560. The highest BCUT2D eigenvalue weighted by Gasteiger charge is 2.15. The molecule has 0 bridgehead atoms. The molecule has 3 aromatic carbocycles. The summed E-state index contributed by atoms with van der Waals surface area (Å²) in [6, 6.07) is 29.4. The molecule has 0 unspecified atom stereocenters. The molecule has 5 aromatic rings. The van der Waals surface area contributed by atoms with E-state index in [4.69, 9.17) is 4.74 Å². The normalized spacial score (nSPS) is 10.5. The number of benzene rings is 3. The summed E-state index contributed by atoms with van der Waals surface area (Å²) in [7, 11) is 0. The second kappa shape index (κ2) is 11.7. The molecule has 2 heterocycles. The second-order valence-corrected chi connectivity index (χ2v) is 8.49. The first-order chi connectivity index (χ1) is 18.7. The lowest BCUT2D eigenvalue weighted by Gasteiger charge is -2.15. The molecule has 38 heavy (non-hydrogen) atoms. The maximum absolute atomic E-state index is 13.5. The number of carbonyl (C=O) groups is 1. The zero-order valence-corrected chi connectivity index (χ0v) is 20.5. The third-order valence-electron chi connectivity index (χ3n) is 5.75.